The van der Waals surface area contributed by atoms with E-state index in [0.717, 1.165) is 21.9 Å². The zero-order chi connectivity index (χ0) is 22.5. The normalized spacial score (nSPS) is 11.8. The second-order valence-electron chi connectivity index (χ2n) is 7.07. The maximum Gasteiger partial charge on any atom is 0.234 e. The minimum Gasteiger partial charge on any atom is -0.495 e. The molecule has 0 aliphatic heterocycles. The fourth-order valence-corrected chi connectivity index (χ4v) is 3.93. The number of hydrogen-bond acceptors (Lipinski definition) is 6. The van der Waals surface area contributed by atoms with Gasteiger partial charge in [0.15, 0.2) is 17.1 Å². The van der Waals surface area contributed by atoms with Crippen LogP contribution in [0.25, 0.3) is 0 Å². The number of amides is 1. The fourth-order valence-electron chi connectivity index (χ4n) is 3.10. The van der Waals surface area contributed by atoms with Crippen LogP contribution < -0.4 is 14.8 Å². The first kappa shape index (κ1) is 23.0. The maximum absolute atomic E-state index is 12.4. The number of rotatable bonds is 8. The van der Waals surface area contributed by atoms with Crippen LogP contribution in [0.1, 0.15) is 30.0 Å². The van der Waals surface area contributed by atoms with Gasteiger partial charge >= 0.3 is 0 Å². The van der Waals surface area contributed by atoms with Crippen LogP contribution in [0.4, 0.5) is 5.69 Å². The lowest BCUT2D eigenvalue weighted by Crippen LogP contribution is -2.15. The average molecular weight is 461 g/mol. The zero-order valence-electron chi connectivity index (χ0n) is 18.1. The van der Waals surface area contributed by atoms with Crippen LogP contribution >= 0.6 is 23.4 Å². The molecule has 1 N–H and O–H groups in total. The molecule has 0 bridgehead atoms. The Morgan fingerprint density at radius 3 is 2.58 bits per heavy atom. The SMILES string of the molecule is COc1ccccc1NC(=O)CSc1nnc(C(C)Oc2cc(C)c(Cl)c(C)c2)n1C. The second kappa shape index (κ2) is 10.1. The molecule has 0 radical (unpaired) electrons. The number of carbonyl (C=O) groups is 1. The fraction of sp³-hybridized carbons (Fsp3) is 0.318. The van der Waals surface area contributed by atoms with Gasteiger partial charge in [-0.1, -0.05) is 35.5 Å². The number of ether oxygens (including phenoxy) is 2. The van der Waals surface area contributed by atoms with Crippen LogP contribution in [-0.2, 0) is 11.8 Å². The number of halogens is 1. The Labute approximate surface area is 191 Å². The van der Waals surface area contributed by atoms with Gasteiger partial charge in [-0.05, 0) is 56.2 Å². The Morgan fingerprint density at radius 1 is 1.23 bits per heavy atom. The summed E-state index contributed by atoms with van der Waals surface area (Å²) in [6.45, 7) is 5.80. The lowest BCUT2D eigenvalue weighted by atomic mass is 10.1. The molecule has 7 nitrogen and oxygen atoms in total. The molecule has 9 heteroatoms. The minimum absolute atomic E-state index is 0.157. The number of methoxy groups -OCH3 is 1. The van der Waals surface area contributed by atoms with E-state index in [9.17, 15) is 4.79 Å². The molecule has 1 atom stereocenters. The summed E-state index contributed by atoms with van der Waals surface area (Å²) in [4.78, 5) is 12.4. The quantitative estimate of drug-likeness (QED) is 0.478. The number of aromatic nitrogens is 3. The predicted octanol–water partition coefficient (Wildman–Crippen LogP) is 4.96. The van der Waals surface area contributed by atoms with Crippen LogP contribution in [0.5, 0.6) is 11.5 Å². The molecule has 0 saturated carbocycles. The molecule has 0 spiro atoms. The minimum atomic E-state index is -0.325. The highest BCUT2D eigenvalue weighted by Gasteiger charge is 2.19. The molecular weight excluding hydrogens is 436 g/mol. The standard InChI is InChI=1S/C22H25ClN4O3S/c1-13-10-16(11-14(2)20(13)23)30-15(3)21-25-26-22(27(21)4)31-12-19(28)24-17-8-6-7-9-18(17)29-5/h6-11,15H,12H2,1-5H3,(H,24,28). The van der Waals surface area contributed by atoms with Crippen LogP contribution in [0.3, 0.4) is 0 Å². The van der Waals surface area contributed by atoms with Crippen molar-refractivity contribution in [2.75, 3.05) is 18.2 Å². The van der Waals surface area contributed by atoms with E-state index < -0.39 is 0 Å². The van der Waals surface area contributed by atoms with Gasteiger partial charge in [-0.3, -0.25) is 4.79 Å². The molecule has 0 fully saturated rings. The molecule has 0 saturated heterocycles. The van der Waals surface area contributed by atoms with E-state index in [1.807, 2.05) is 56.7 Å². The van der Waals surface area contributed by atoms with Crippen molar-refractivity contribution in [3.8, 4) is 11.5 Å². The number of thioether (sulfide) groups is 1. The van der Waals surface area contributed by atoms with Crippen molar-refractivity contribution in [1.82, 2.24) is 14.8 Å². The van der Waals surface area contributed by atoms with Crippen molar-refractivity contribution in [2.45, 2.75) is 32.0 Å². The lowest BCUT2D eigenvalue weighted by molar-refractivity contribution is -0.113. The number of nitrogens with one attached hydrogen (secondary N) is 1. The van der Waals surface area contributed by atoms with E-state index in [-0.39, 0.29) is 17.8 Å². The molecule has 2 aromatic carbocycles. The number of hydrogen-bond donors (Lipinski definition) is 1. The number of benzene rings is 2. The van der Waals surface area contributed by atoms with Crippen molar-refractivity contribution < 1.29 is 14.3 Å². The number of para-hydroxylation sites is 2. The number of nitrogens with zero attached hydrogens (tertiary/aromatic N) is 3. The van der Waals surface area contributed by atoms with Gasteiger partial charge in [0, 0.05) is 12.1 Å². The van der Waals surface area contributed by atoms with E-state index in [1.54, 1.807) is 19.2 Å². The van der Waals surface area contributed by atoms with Crippen LogP contribution in [-0.4, -0.2) is 33.5 Å². The molecule has 1 aromatic heterocycles. The first-order valence-electron chi connectivity index (χ1n) is 9.68. The number of aryl methyl sites for hydroxylation is 2. The maximum atomic E-state index is 12.4. The van der Waals surface area contributed by atoms with E-state index in [0.29, 0.717) is 22.4 Å². The summed E-state index contributed by atoms with van der Waals surface area (Å²) >= 11 is 7.54. The van der Waals surface area contributed by atoms with Crippen molar-refractivity contribution in [3.63, 3.8) is 0 Å². The van der Waals surface area contributed by atoms with Gasteiger partial charge in [-0.25, -0.2) is 0 Å². The molecule has 1 heterocycles. The highest BCUT2D eigenvalue weighted by molar-refractivity contribution is 7.99. The van der Waals surface area contributed by atoms with Gasteiger partial charge in [0.2, 0.25) is 5.91 Å². The van der Waals surface area contributed by atoms with Gasteiger partial charge in [0.1, 0.15) is 11.5 Å². The van der Waals surface area contributed by atoms with Gasteiger partial charge in [0.25, 0.3) is 0 Å². The third-order valence-electron chi connectivity index (χ3n) is 4.67. The summed E-state index contributed by atoms with van der Waals surface area (Å²) < 4.78 is 13.2. The highest BCUT2D eigenvalue weighted by atomic mass is 35.5. The van der Waals surface area contributed by atoms with Crippen molar-refractivity contribution >= 4 is 35.0 Å². The molecular formula is C22H25ClN4O3S. The monoisotopic (exact) mass is 460 g/mol. The van der Waals surface area contributed by atoms with Crippen LogP contribution in [0.15, 0.2) is 41.6 Å². The van der Waals surface area contributed by atoms with E-state index in [1.165, 1.54) is 11.8 Å². The van der Waals surface area contributed by atoms with Gasteiger partial charge < -0.3 is 19.4 Å². The lowest BCUT2D eigenvalue weighted by Gasteiger charge is -2.16. The Balaban J connectivity index is 1.62. The largest absolute Gasteiger partial charge is 0.495 e. The van der Waals surface area contributed by atoms with Gasteiger partial charge in [-0.15, -0.1) is 10.2 Å². The average Bonchev–Trinajstić information content (AvgIpc) is 3.11. The summed E-state index contributed by atoms with van der Waals surface area (Å²) in [7, 11) is 3.42. The molecule has 164 valence electrons. The third-order valence-corrected chi connectivity index (χ3v) is 6.28. The smallest absolute Gasteiger partial charge is 0.234 e. The van der Waals surface area contributed by atoms with Crippen molar-refractivity contribution in [3.05, 3.63) is 58.4 Å². The summed E-state index contributed by atoms with van der Waals surface area (Å²) in [5, 5.41) is 12.7. The molecule has 0 aliphatic rings. The van der Waals surface area contributed by atoms with Crippen LogP contribution in [0, 0.1) is 13.8 Å². The molecule has 3 rings (SSSR count). The van der Waals surface area contributed by atoms with Crippen molar-refractivity contribution in [1.29, 1.82) is 0 Å². The van der Waals surface area contributed by atoms with Gasteiger partial charge in [0.05, 0.1) is 18.6 Å². The number of carbonyl (C=O) groups excluding carboxylic acids is 1. The van der Waals surface area contributed by atoms with Crippen molar-refractivity contribution in [2.24, 2.45) is 7.05 Å². The topological polar surface area (TPSA) is 78.3 Å². The molecule has 1 unspecified atom stereocenters. The Kier molecular flexibility index (Phi) is 7.46. The third kappa shape index (κ3) is 5.51. The first-order valence-corrected chi connectivity index (χ1v) is 11.0. The van der Waals surface area contributed by atoms with E-state index in [2.05, 4.69) is 15.5 Å². The zero-order valence-corrected chi connectivity index (χ0v) is 19.7. The highest BCUT2D eigenvalue weighted by Crippen LogP contribution is 2.29. The summed E-state index contributed by atoms with van der Waals surface area (Å²) in [5.74, 6) is 2.03. The summed E-state index contributed by atoms with van der Waals surface area (Å²) in [6, 6.07) is 11.1. The molecule has 0 aliphatic carbocycles. The second-order valence-corrected chi connectivity index (χ2v) is 8.39. The van der Waals surface area contributed by atoms with Crippen LogP contribution in [0.2, 0.25) is 5.02 Å². The molecule has 31 heavy (non-hydrogen) atoms. The Hall–Kier alpha value is -2.71. The van der Waals surface area contributed by atoms with Gasteiger partial charge in [-0.2, -0.15) is 0 Å². The van der Waals surface area contributed by atoms with E-state index >= 15 is 0 Å². The Bertz CT molecular complexity index is 1060. The number of anilines is 1. The predicted molar refractivity (Wildman–Crippen MR) is 123 cm³/mol. The first-order chi connectivity index (χ1) is 14.8. The summed E-state index contributed by atoms with van der Waals surface area (Å²) in [6.07, 6.45) is -0.325. The van der Waals surface area contributed by atoms with E-state index in [4.69, 9.17) is 21.1 Å². The molecule has 1 amide bonds. The Morgan fingerprint density at radius 2 is 1.90 bits per heavy atom. The molecule has 3 aromatic rings. The summed E-state index contributed by atoms with van der Waals surface area (Å²) in [5.41, 5.74) is 2.54.